The molecule has 23 heavy (non-hydrogen) atoms. The van der Waals surface area contributed by atoms with Crippen molar-refractivity contribution in [1.82, 2.24) is 10.2 Å². The number of ether oxygens (including phenoxy) is 2. The van der Waals surface area contributed by atoms with Crippen LogP contribution >= 0.6 is 0 Å². The molecule has 0 atom stereocenters. The van der Waals surface area contributed by atoms with Crippen LogP contribution in [0.2, 0.25) is 0 Å². The maximum absolute atomic E-state index is 12.2. The van der Waals surface area contributed by atoms with Crippen LogP contribution in [0.5, 0.6) is 5.88 Å². The molecule has 0 spiro atoms. The summed E-state index contributed by atoms with van der Waals surface area (Å²) in [5.74, 6) is -1.02. The predicted molar refractivity (Wildman–Crippen MR) is 75.1 cm³/mol. The van der Waals surface area contributed by atoms with Gasteiger partial charge >= 0.3 is 12.1 Å². The van der Waals surface area contributed by atoms with Crippen molar-refractivity contribution in [3.63, 3.8) is 0 Å². The first-order valence-corrected chi connectivity index (χ1v) is 6.54. The van der Waals surface area contributed by atoms with Crippen LogP contribution in [-0.2, 0) is 4.74 Å². The molecule has 0 unspecified atom stereocenters. The van der Waals surface area contributed by atoms with E-state index in [9.17, 15) is 18.0 Å². The van der Waals surface area contributed by atoms with E-state index < -0.39 is 18.8 Å². The number of hydrogen-bond donors (Lipinski definition) is 0. The van der Waals surface area contributed by atoms with Crippen LogP contribution in [-0.4, -0.2) is 36.1 Å². The number of methoxy groups -OCH3 is 1. The molecule has 2 aromatic rings. The topological polar surface area (TPSA) is 61.3 Å². The zero-order valence-electron chi connectivity index (χ0n) is 12.3. The Labute approximate surface area is 130 Å². The molecule has 0 saturated heterocycles. The average Bonchev–Trinajstić information content (AvgIpc) is 2.52. The molecule has 0 fully saturated rings. The number of esters is 1. The molecule has 0 amide bonds. The predicted octanol–water partition coefficient (Wildman–Crippen LogP) is 3.18. The molecule has 0 N–H and O–H groups in total. The lowest BCUT2D eigenvalue weighted by molar-refractivity contribution is -0.161. The quantitative estimate of drug-likeness (QED) is 0.808. The Morgan fingerprint density at radius 1 is 1.17 bits per heavy atom. The molecule has 1 aromatic carbocycles. The van der Waals surface area contributed by atoms with E-state index in [1.54, 1.807) is 37.3 Å². The lowest BCUT2D eigenvalue weighted by Crippen LogP contribution is -2.22. The maximum atomic E-state index is 12.2. The van der Waals surface area contributed by atoms with E-state index in [0.717, 1.165) is 0 Å². The molecule has 0 saturated carbocycles. The number of carbonyl (C=O) groups excluding carboxylic acids is 1. The normalized spacial score (nSPS) is 11.2. The van der Waals surface area contributed by atoms with E-state index in [1.807, 2.05) is 0 Å². The van der Waals surface area contributed by atoms with Crippen LogP contribution in [0.4, 0.5) is 13.2 Å². The van der Waals surface area contributed by atoms with Crippen LogP contribution in [0.3, 0.4) is 0 Å². The summed E-state index contributed by atoms with van der Waals surface area (Å²) in [7, 11) is 1.38. The zero-order valence-corrected chi connectivity index (χ0v) is 12.3. The van der Waals surface area contributed by atoms with Crippen LogP contribution in [0.25, 0.3) is 11.1 Å². The van der Waals surface area contributed by atoms with Crippen molar-refractivity contribution in [3.05, 3.63) is 41.6 Å². The van der Waals surface area contributed by atoms with Crippen LogP contribution in [0.1, 0.15) is 16.1 Å². The molecule has 0 bridgehead atoms. The summed E-state index contributed by atoms with van der Waals surface area (Å²) in [5, 5.41) is 7.36. The van der Waals surface area contributed by atoms with Gasteiger partial charge in [-0.3, -0.25) is 0 Å². The summed E-state index contributed by atoms with van der Waals surface area (Å²) in [5.41, 5.74) is 1.10. The second-order valence-electron chi connectivity index (χ2n) is 4.62. The summed E-state index contributed by atoms with van der Waals surface area (Å²) in [6.45, 7) is -0.0524. The third-order valence-corrected chi connectivity index (χ3v) is 2.99. The maximum Gasteiger partial charge on any atom is 0.422 e. The van der Waals surface area contributed by atoms with Gasteiger partial charge < -0.3 is 9.47 Å². The van der Waals surface area contributed by atoms with Crippen molar-refractivity contribution >= 4 is 5.97 Å². The lowest BCUT2D eigenvalue weighted by Gasteiger charge is -2.14. The minimum atomic E-state index is -4.61. The summed E-state index contributed by atoms with van der Waals surface area (Å²) < 4.78 is 46.0. The number of benzene rings is 1. The Morgan fingerprint density at radius 3 is 2.39 bits per heavy atom. The molecule has 0 aliphatic rings. The Balaban J connectivity index is 2.47. The Kier molecular flexibility index (Phi) is 4.83. The van der Waals surface area contributed by atoms with Gasteiger partial charge in [-0.1, -0.05) is 30.3 Å². The highest BCUT2D eigenvalue weighted by Gasteiger charge is 2.31. The fraction of sp³-hybridized carbons (Fsp3) is 0.267. The number of alkyl halides is 3. The average molecular weight is 326 g/mol. The van der Waals surface area contributed by atoms with E-state index in [-0.39, 0.29) is 11.6 Å². The molecular weight excluding hydrogens is 313 g/mol. The van der Waals surface area contributed by atoms with E-state index in [2.05, 4.69) is 14.9 Å². The van der Waals surface area contributed by atoms with Crippen molar-refractivity contribution in [2.75, 3.05) is 13.7 Å². The Morgan fingerprint density at radius 2 is 1.83 bits per heavy atom. The number of nitrogens with zero attached hydrogens (tertiary/aromatic N) is 2. The second kappa shape index (κ2) is 6.64. The third kappa shape index (κ3) is 3.97. The van der Waals surface area contributed by atoms with Gasteiger partial charge in [0.2, 0.25) is 5.88 Å². The Hall–Kier alpha value is -2.64. The van der Waals surface area contributed by atoms with Gasteiger partial charge in [0.15, 0.2) is 12.3 Å². The SMILES string of the molecule is COc1nnc(C(=O)OCC(F)(F)F)c(-c2ccccc2)c1C. The van der Waals surface area contributed by atoms with Crippen LogP contribution in [0, 0.1) is 6.92 Å². The molecule has 2 rings (SSSR count). The lowest BCUT2D eigenvalue weighted by atomic mass is 10.00. The molecular formula is C15H13F3N2O3. The second-order valence-corrected chi connectivity index (χ2v) is 4.62. The first-order valence-electron chi connectivity index (χ1n) is 6.54. The van der Waals surface area contributed by atoms with Gasteiger partial charge in [0.05, 0.1) is 7.11 Å². The number of rotatable bonds is 4. The van der Waals surface area contributed by atoms with Gasteiger partial charge in [-0.2, -0.15) is 13.2 Å². The van der Waals surface area contributed by atoms with Crippen molar-refractivity contribution in [2.45, 2.75) is 13.1 Å². The third-order valence-electron chi connectivity index (χ3n) is 2.99. The molecule has 1 aromatic heterocycles. The molecule has 0 radical (unpaired) electrons. The van der Waals surface area contributed by atoms with Crippen LogP contribution < -0.4 is 4.74 Å². The van der Waals surface area contributed by atoms with Crippen LogP contribution in [0.15, 0.2) is 30.3 Å². The van der Waals surface area contributed by atoms with E-state index in [0.29, 0.717) is 16.7 Å². The summed E-state index contributed by atoms with van der Waals surface area (Å²) >= 11 is 0. The summed E-state index contributed by atoms with van der Waals surface area (Å²) in [4.78, 5) is 12.0. The van der Waals surface area contributed by atoms with E-state index >= 15 is 0 Å². The monoisotopic (exact) mass is 326 g/mol. The van der Waals surface area contributed by atoms with E-state index in [4.69, 9.17) is 4.74 Å². The van der Waals surface area contributed by atoms with Gasteiger partial charge in [0.25, 0.3) is 0 Å². The van der Waals surface area contributed by atoms with Gasteiger partial charge in [-0.25, -0.2) is 4.79 Å². The molecule has 0 aliphatic heterocycles. The largest absolute Gasteiger partial charge is 0.480 e. The van der Waals surface area contributed by atoms with Crippen molar-refractivity contribution in [3.8, 4) is 17.0 Å². The molecule has 1 heterocycles. The number of carbonyl (C=O) groups is 1. The number of aromatic nitrogens is 2. The minimum absolute atomic E-state index is 0.177. The smallest absolute Gasteiger partial charge is 0.422 e. The van der Waals surface area contributed by atoms with E-state index in [1.165, 1.54) is 7.11 Å². The highest BCUT2D eigenvalue weighted by Crippen LogP contribution is 2.31. The van der Waals surface area contributed by atoms with Gasteiger partial charge in [0, 0.05) is 11.1 Å². The summed E-state index contributed by atoms with van der Waals surface area (Å²) in [6, 6.07) is 8.62. The van der Waals surface area contributed by atoms with Crippen molar-refractivity contribution < 1.29 is 27.4 Å². The Bertz CT molecular complexity index is 703. The number of halogens is 3. The first-order chi connectivity index (χ1) is 10.8. The molecule has 5 nitrogen and oxygen atoms in total. The van der Waals surface area contributed by atoms with Crippen molar-refractivity contribution in [1.29, 1.82) is 0 Å². The summed E-state index contributed by atoms with van der Waals surface area (Å²) in [6.07, 6.45) is -4.61. The molecule has 122 valence electrons. The zero-order chi connectivity index (χ0) is 17.0. The van der Waals surface area contributed by atoms with Gasteiger partial charge in [0.1, 0.15) is 0 Å². The van der Waals surface area contributed by atoms with Crippen molar-refractivity contribution in [2.24, 2.45) is 0 Å². The first kappa shape index (κ1) is 16.7. The number of hydrogen-bond acceptors (Lipinski definition) is 5. The molecule has 0 aliphatic carbocycles. The molecule has 8 heteroatoms. The highest BCUT2D eigenvalue weighted by atomic mass is 19.4. The van der Waals surface area contributed by atoms with Gasteiger partial charge in [-0.05, 0) is 12.5 Å². The van der Waals surface area contributed by atoms with Gasteiger partial charge in [-0.15, -0.1) is 10.2 Å². The fourth-order valence-electron chi connectivity index (χ4n) is 2.02. The minimum Gasteiger partial charge on any atom is -0.480 e. The fourth-order valence-corrected chi connectivity index (χ4v) is 2.02. The standard InChI is InChI=1S/C15H13F3N2O3/c1-9-11(10-6-4-3-5-7-10)12(19-20-13(9)22-2)14(21)23-8-15(16,17)18/h3-7H,8H2,1-2H3. The highest BCUT2D eigenvalue weighted by molar-refractivity contribution is 5.96.